The standard InChI is InChI=1S/C17H17N3O4/c1-2-8-19-15(22)16(23)20(17(19)24)11-14(21)18-9-7-12-5-3-4-6-13(12)10-18/h2-6H,1,7-11H2. The Morgan fingerprint density at radius 1 is 1.08 bits per heavy atom. The summed E-state index contributed by atoms with van der Waals surface area (Å²) >= 11 is 0. The zero-order chi connectivity index (χ0) is 17.3. The molecule has 1 fully saturated rings. The lowest BCUT2D eigenvalue weighted by Crippen LogP contribution is -2.45. The Balaban J connectivity index is 1.69. The maximum Gasteiger partial charge on any atom is 0.335 e. The van der Waals surface area contributed by atoms with Crippen molar-refractivity contribution < 1.29 is 19.2 Å². The van der Waals surface area contributed by atoms with Crippen molar-refractivity contribution in [3.8, 4) is 0 Å². The first-order valence-electron chi connectivity index (χ1n) is 7.65. The predicted molar refractivity (Wildman–Crippen MR) is 84.6 cm³/mol. The number of hydrogen-bond acceptors (Lipinski definition) is 4. The van der Waals surface area contributed by atoms with Gasteiger partial charge >= 0.3 is 17.8 Å². The second-order valence-electron chi connectivity index (χ2n) is 5.71. The summed E-state index contributed by atoms with van der Waals surface area (Å²) < 4.78 is 0. The summed E-state index contributed by atoms with van der Waals surface area (Å²) in [5.74, 6) is -2.23. The van der Waals surface area contributed by atoms with Crippen molar-refractivity contribution in [2.24, 2.45) is 0 Å². The first-order chi connectivity index (χ1) is 11.5. The summed E-state index contributed by atoms with van der Waals surface area (Å²) in [6, 6.07) is 7.08. The number of nitrogens with zero attached hydrogens (tertiary/aromatic N) is 3. The number of hydrogen-bond donors (Lipinski definition) is 0. The average Bonchev–Trinajstić information content (AvgIpc) is 2.79. The van der Waals surface area contributed by atoms with Crippen molar-refractivity contribution >= 4 is 23.8 Å². The second kappa shape index (κ2) is 6.27. The molecule has 24 heavy (non-hydrogen) atoms. The molecule has 3 rings (SSSR count). The van der Waals surface area contributed by atoms with Crippen LogP contribution >= 0.6 is 0 Å². The molecule has 0 unspecified atom stereocenters. The summed E-state index contributed by atoms with van der Waals surface area (Å²) in [6.07, 6.45) is 2.08. The molecule has 0 aromatic heterocycles. The molecular formula is C17H17N3O4. The number of rotatable bonds is 4. The number of carbonyl (C=O) groups is 4. The molecule has 2 aliphatic rings. The molecule has 0 spiro atoms. The van der Waals surface area contributed by atoms with E-state index in [1.165, 1.54) is 11.6 Å². The van der Waals surface area contributed by atoms with E-state index >= 15 is 0 Å². The third-order valence-electron chi connectivity index (χ3n) is 4.22. The van der Waals surface area contributed by atoms with Crippen LogP contribution in [0.4, 0.5) is 4.79 Å². The van der Waals surface area contributed by atoms with Gasteiger partial charge in [-0.1, -0.05) is 30.3 Å². The number of imide groups is 2. The molecule has 0 radical (unpaired) electrons. The highest BCUT2D eigenvalue weighted by Gasteiger charge is 2.45. The minimum Gasteiger partial charge on any atom is -0.336 e. The molecule has 7 nitrogen and oxygen atoms in total. The Bertz CT molecular complexity index is 743. The van der Waals surface area contributed by atoms with E-state index in [0.717, 1.165) is 16.9 Å². The lowest BCUT2D eigenvalue weighted by molar-refractivity contribution is -0.144. The number of fused-ring (bicyclic) bond motifs is 1. The summed E-state index contributed by atoms with van der Waals surface area (Å²) in [7, 11) is 0. The Morgan fingerprint density at radius 3 is 2.46 bits per heavy atom. The van der Waals surface area contributed by atoms with E-state index < -0.39 is 24.4 Å². The molecule has 1 saturated heterocycles. The van der Waals surface area contributed by atoms with Gasteiger partial charge in [0.1, 0.15) is 6.54 Å². The minimum atomic E-state index is -0.965. The SMILES string of the molecule is C=CCN1C(=O)C(=O)N(CC(=O)N2CCc3ccccc3C2)C1=O. The predicted octanol–water partition coefficient (Wildman–Crippen LogP) is 0.548. The maximum atomic E-state index is 12.5. The third kappa shape index (κ3) is 2.68. The lowest BCUT2D eigenvalue weighted by Gasteiger charge is -2.29. The van der Waals surface area contributed by atoms with Crippen LogP contribution in [0.2, 0.25) is 0 Å². The molecule has 0 saturated carbocycles. The first-order valence-corrected chi connectivity index (χ1v) is 7.65. The van der Waals surface area contributed by atoms with Crippen molar-refractivity contribution in [2.45, 2.75) is 13.0 Å². The van der Waals surface area contributed by atoms with Crippen molar-refractivity contribution in [3.63, 3.8) is 0 Å². The van der Waals surface area contributed by atoms with Gasteiger partial charge in [-0.05, 0) is 17.5 Å². The second-order valence-corrected chi connectivity index (χ2v) is 5.71. The van der Waals surface area contributed by atoms with E-state index in [9.17, 15) is 19.2 Å². The van der Waals surface area contributed by atoms with Crippen LogP contribution < -0.4 is 0 Å². The van der Waals surface area contributed by atoms with Crippen LogP contribution in [0.25, 0.3) is 0 Å². The van der Waals surface area contributed by atoms with Crippen LogP contribution in [0.1, 0.15) is 11.1 Å². The molecule has 0 bridgehead atoms. The molecule has 2 aliphatic heterocycles. The van der Waals surface area contributed by atoms with Crippen LogP contribution in [0.5, 0.6) is 0 Å². The fourth-order valence-electron chi connectivity index (χ4n) is 2.92. The number of benzene rings is 1. The van der Waals surface area contributed by atoms with Gasteiger partial charge in [-0.2, -0.15) is 0 Å². The van der Waals surface area contributed by atoms with Gasteiger partial charge in [-0.25, -0.2) is 9.69 Å². The topological polar surface area (TPSA) is 78.0 Å². The van der Waals surface area contributed by atoms with E-state index in [1.807, 2.05) is 24.3 Å². The molecule has 1 aromatic rings. The van der Waals surface area contributed by atoms with Crippen molar-refractivity contribution in [2.75, 3.05) is 19.6 Å². The quantitative estimate of drug-likeness (QED) is 0.460. The van der Waals surface area contributed by atoms with Gasteiger partial charge < -0.3 is 4.90 Å². The van der Waals surface area contributed by atoms with E-state index in [2.05, 4.69) is 6.58 Å². The van der Waals surface area contributed by atoms with Gasteiger partial charge in [-0.15, -0.1) is 6.58 Å². The summed E-state index contributed by atoms with van der Waals surface area (Å²) in [5.41, 5.74) is 2.25. The van der Waals surface area contributed by atoms with Gasteiger partial charge in [-0.3, -0.25) is 19.3 Å². The molecule has 0 aliphatic carbocycles. The average molecular weight is 327 g/mol. The fourth-order valence-corrected chi connectivity index (χ4v) is 2.92. The molecule has 2 heterocycles. The highest BCUT2D eigenvalue weighted by molar-refractivity contribution is 6.45. The summed E-state index contributed by atoms with van der Waals surface area (Å²) in [4.78, 5) is 51.4. The van der Waals surface area contributed by atoms with Crippen molar-refractivity contribution in [3.05, 3.63) is 48.0 Å². The smallest absolute Gasteiger partial charge is 0.335 e. The highest BCUT2D eigenvalue weighted by Crippen LogP contribution is 2.19. The highest BCUT2D eigenvalue weighted by atomic mass is 16.2. The van der Waals surface area contributed by atoms with E-state index in [4.69, 9.17) is 0 Å². The van der Waals surface area contributed by atoms with Gasteiger partial charge in [0.05, 0.1) is 0 Å². The van der Waals surface area contributed by atoms with Gasteiger partial charge in [0, 0.05) is 19.6 Å². The van der Waals surface area contributed by atoms with Crippen LogP contribution in [-0.4, -0.2) is 58.1 Å². The lowest BCUT2D eigenvalue weighted by atomic mass is 10.00. The molecule has 0 atom stereocenters. The van der Waals surface area contributed by atoms with Crippen LogP contribution in [0.3, 0.4) is 0 Å². The van der Waals surface area contributed by atoms with E-state index in [0.29, 0.717) is 18.0 Å². The Hall–Kier alpha value is -2.96. The normalized spacial score (nSPS) is 17.3. The summed E-state index contributed by atoms with van der Waals surface area (Å²) in [6.45, 7) is 3.94. The molecule has 5 amide bonds. The molecule has 1 aromatic carbocycles. The van der Waals surface area contributed by atoms with Crippen LogP contribution in [0.15, 0.2) is 36.9 Å². The van der Waals surface area contributed by atoms with E-state index in [1.54, 1.807) is 4.90 Å². The molecule has 7 heteroatoms. The Morgan fingerprint density at radius 2 is 1.75 bits per heavy atom. The molecule has 0 N–H and O–H groups in total. The maximum absolute atomic E-state index is 12.5. The van der Waals surface area contributed by atoms with E-state index in [-0.39, 0.29) is 12.5 Å². The van der Waals surface area contributed by atoms with Gasteiger partial charge in [0.25, 0.3) is 0 Å². The van der Waals surface area contributed by atoms with Gasteiger partial charge in [0.15, 0.2) is 0 Å². The van der Waals surface area contributed by atoms with Crippen LogP contribution in [0, 0.1) is 0 Å². The minimum absolute atomic E-state index is 0.0504. The number of carbonyl (C=O) groups excluding carboxylic acids is 4. The zero-order valence-electron chi connectivity index (χ0n) is 13.1. The van der Waals surface area contributed by atoms with Crippen LogP contribution in [-0.2, 0) is 27.3 Å². The summed E-state index contributed by atoms with van der Waals surface area (Å²) in [5, 5.41) is 0. The fraction of sp³-hybridized carbons (Fsp3) is 0.294. The molecular weight excluding hydrogens is 310 g/mol. The monoisotopic (exact) mass is 327 g/mol. The largest absolute Gasteiger partial charge is 0.336 e. The van der Waals surface area contributed by atoms with Crippen molar-refractivity contribution in [1.29, 1.82) is 0 Å². The number of urea groups is 1. The Labute approximate surface area is 139 Å². The Kier molecular flexibility index (Phi) is 4.16. The van der Waals surface area contributed by atoms with Gasteiger partial charge in [0.2, 0.25) is 5.91 Å². The van der Waals surface area contributed by atoms with Crippen molar-refractivity contribution in [1.82, 2.24) is 14.7 Å². The number of amides is 5. The molecule has 124 valence electrons. The zero-order valence-corrected chi connectivity index (χ0v) is 13.1. The third-order valence-corrected chi connectivity index (χ3v) is 4.22. The first kappa shape index (κ1) is 15.9.